The topological polar surface area (TPSA) is 69.6 Å². The Morgan fingerprint density at radius 1 is 0.939 bits per heavy atom. The smallest absolute Gasteiger partial charge is 0.244 e. The summed E-state index contributed by atoms with van der Waals surface area (Å²) in [5.41, 5.74) is 3.44. The van der Waals surface area contributed by atoms with Crippen LogP contribution in [0.4, 0.5) is 0 Å². The maximum absolute atomic E-state index is 12.6. The first kappa shape index (κ1) is 24.0. The minimum atomic E-state index is -0.0224. The molecule has 0 aliphatic rings. The van der Waals surface area contributed by atoms with Gasteiger partial charge in [-0.25, -0.2) is 4.99 Å². The molecule has 0 bridgehead atoms. The second kappa shape index (κ2) is 13.0. The molecular formula is C27H33N5O. The maximum Gasteiger partial charge on any atom is 0.244 e. The summed E-state index contributed by atoms with van der Waals surface area (Å²) < 4.78 is 0. The van der Waals surface area contributed by atoms with Crippen LogP contribution in [0.2, 0.25) is 0 Å². The van der Waals surface area contributed by atoms with Gasteiger partial charge in [0.15, 0.2) is 5.96 Å². The molecular weight excluding hydrogens is 410 g/mol. The van der Waals surface area contributed by atoms with Crippen molar-refractivity contribution >= 4 is 11.9 Å². The van der Waals surface area contributed by atoms with E-state index in [-0.39, 0.29) is 18.4 Å². The summed E-state index contributed by atoms with van der Waals surface area (Å²) >= 11 is 0. The first-order valence-corrected chi connectivity index (χ1v) is 11.4. The summed E-state index contributed by atoms with van der Waals surface area (Å²) in [6.07, 6.45) is 2.49. The molecule has 6 heteroatoms. The van der Waals surface area contributed by atoms with Gasteiger partial charge in [-0.2, -0.15) is 0 Å². The van der Waals surface area contributed by atoms with Gasteiger partial charge in [-0.05, 0) is 30.2 Å². The van der Waals surface area contributed by atoms with Crippen molar-refractivity contribution in [2.75, 3.05) is 33.2 Å². The molecule has 2 N–H and O–H groups in total. The number of benzene rings is 2. The molecule has 3 rings (SSSR count). The fraction of sp³-hybridized carbons (Fsp3) is 0.296. The van der Waals surface area contributed by atoms with E-state index >= 15 is 0 Å². The average molecular weight is 444 g/mol. The van der Waals surface area contributed by atoms with Gasteiger partial charge in [0.25, 0.3) is 0 Å². The highest BCUT2D eigenvalue weighted by molar-refractivity contribution is 5.84. The van der Waals surface area contributed by atoms with E-state index in [2.05, 4.69) is 69.1 Å². The number of hydrogen-bond acceptors (Lipinski definition) is 3. The zero-order valence-corrected chi connectivity index (χ0v) is 19.4. The fourth-order valence-corrected chi connectivity index (χ4v) is 3.56. The molecule has 6 nitrogen and oxygen atoms in total. The zero-order valence-electron chi connectivity index (χ0n) is 19.4. The number of aromatic nitrogens is 1. The third-order valence-corrected chi connectivity index (χ3v) is 5.45. The zero-order chi connectivity index (χ0) is 23.3. The molecule has 172 valence electrons. The van der Waals surface area contributed by atoms with E-state index in [1.54, 1.807) is 11.1 Å². The van der Waals surface area contributed by atoms with Crippen LogP contribution in [0.25, 0.3) is 0 Å². The molecule has 0 fully saturated rings. The van der Waals surface area contributed by atoms with E-state index < -0.39 is 0 Å². The van der Waals surface area contributed by atoms with E-state index in [0.717, 1.165) is 18.7 Å². The van der Waals surface area contributed by atoms with Crippen LogP contribution in [0.1, 0.15) is 29.7 Å². The highest BCUT2D eigenvalue weighted by atomic mass is 16.2. The number of carbonyl (C=O) groups excluding carboxylic acids is 1. The Balaban J connectivity index is 1.60. The van der Waals surface area contributed by atoms with Gasteiger partial charge in [0.2, 0.25) is 5.91 Å². The molecule has 0 saturated carbocycles. The van der Waals surface area contributed by atoms with Crippen LogP contribution in [-0.4, -0.2) is 55.0 Å². The highest BCUT2D eigenvalue weighted by Gasteiger charge is 2.15. The largest absolute Gasteiger partial charge is 0.357 e. The number of rotatable bonds is 10. The van der Waals surface area contributed by atoms with Gasteiger partial charge in [0, 0.05) is 50.9 Å². The van der Waals surface area contributed by atoms with Crippen LogP contribution in [0.5, 0.6) is 0 Å². The number of carbonyl (C=O) groups is 1. The molecule has 1 aromatic heterocycles. The van der Waals surface area contributed by atoms with E-state index in [1.165, 1.54) is 11.1 Å². The number of nitrogens with zero attached hydrogens (tertiary/aromatic N) is 3. The lowest BCUT2D eigenvalue weighted by Gasteiger charge is -2.21. The summed E-state index contributed by atoms with van der Waals surface area (Å²) in [6, 6.07) is 26.7. The lowest BCUT2D eigenvalue weighted by atomic mass is 9.91. The average Bonchev–Trinajstić information content (AvgIpc) is 2.87. The van der Waals surface area contributed by atoms with Crippen LogP contribution in [0.15, 0.2) is 90.1 Å². The molecule has 1 heterocycles. The standard InChI is InChI=1S/C27H33N5O/c1-3-28-27(31-21-26(33)32(2)19-17-24-16-10-11-18-29-24)30-20-25(22-12-6-4-7-13-22)23-14-8-5-9-15-23/h4-16,18,25H,3,17,19-21H2,1-2H3,(H2,28,30,31). The normalized spacial score (nSPS) is 11.3. The maximum atomic E-state index is 12.6. The van der Waals surface area contributed by atoms with E-state index in [1.807, 2.05) is 44.3 Å². The molecule has 0 atom stereocenters. The summed E-state index contributed by atoms with van der Waals surface area (Å²) in [5, 5.41) is 6.68. The van der Waals surface area contributed by atoms with Gasteiger partial charge in [-0.1, -0.05) is 66.7 Å². The Hall–Kier alpha value is -3.67. The predicted molar refractivity (Wildman–Crippen MR) is 134 cm³/mol. The summed E-state index contributed by atoms with van der Waals surface area (Å²) in [7, 11) is 1.81. The SMILES string of the molecule is CCNC(=NCC(=O)N(C)CCc1ccccn1)NCC(c1ccccc1)c1ccccc1. The monoisotopic (exact) mass is 443 g/mol. The first-order chi connectivity index (χ1) is 16.2. The summed E-state index contributed by atoms with van der Waals surface area (Å²) in [6.45, 7) is 4.11. The van der Waals surface area contributed by atoms with Gasteiger partial charge in [-0.3, -0.25) is 9.78 Å². The van der Waals surface area contributed by atoms with Gasteiger partial charge in [0.05, 0.1) is 0 Å². The van der Waals surface area contributed by atoms with Gasteiger partial charge >= 0.3 is 0 Å². The van der Waals surface area contributed by atoms with Crippen LogP contribution < -0.4 is 10.6 Å². The van der Waals surface area contributed by atoms with Crippen LogP contribution in [-0.2, 0) is 11.2 Å². The van der Waals surface area contributed by atoms with Crippen LogP contribution >= 0.6 is 0 Å². The lowest BCUT2D eigenvalue weighted by molar-refractivity contribution is -0.128. The second-order valence-corrected chi connectivity index (χ2v) is 7.84. The molecule has 2 aromatic carbocycles. The van der Waals surface area contributed by atoms with Gasteiger partial charge in [0.1, 0.15) is 6.54 Å². The Bertz CT molecular complexity index is 953. The minimum Gasteiger partial charge on any atom is -0.357 e. The summed E-state index contributed by atoms with van der Waals surface area (Å²) in [4.78, 5) is 23.2. The van der Waals surface area contributed by atoms with Crippen molar-refractivity contribution in [1.82, 2.24) is 20.5 Å². The molecule has 0 aliphatic heterocycles. The van der Waals surface area contributed by atoms with Crippen molar-refractivity contribution in [2.45, 2.75) is 19.3 Å². The van der Waals surface area contributed by atoms with Crippen molar-refractivity contribution in [3.63, 3.8) is 0 Å². The van der Waals surface area contributed by atoms with Crippen molar-refractivity contribution in [3.8, 4) is 0 Å². The van der Waals surface area contributed by atoms with Crippen molar-refractivity contribution in [3.05, 3.63) is 102 Å². The lowest BCUT2D eigenvalue weighted by Crippen LogP contribution is -2.40. The number of hydrogen-bond donors (Lipinski definition) is 2. The second-order valence-electron chi connectivity index (χ2n) is 7.84. The van der Waals surface area contributed by atoms with Crippen LogP contribution in [0, 0.1) is 0 Å². The predicted octanol–water partition coefficient (Wildman–Crippen LogP) is 3.47. The van der Waals surface area contributed by atoms with Gasteiger partial charge < -0.3 is 15.5 Å². The van der Waals surface area contributed by atoms with E-state index in [4.69, 9.17) is 0 Å². The number of guanidine groups is 1. The molecule has 0 radical (unpaired) electrons. The number of likely N-dealkylation sites (N-methyl/N-ethyl adjacent to an activating group) is 1. The highest BCUT2D eigenvalue weighted by Crippen LogP contribution is 2.23. The Morgan fingerprint density at radius 3 is 2.15 bits per heavy atom. The Morgan fingerprint density at radius 2 is 1.58 bits per heavy atom. The molecule has 3 aromatic rings. The molecule has 0 aliphatic carbocycles. The first-order valence-electron chi connectivity index (χ1n) is 11.4. The molecule has 33 heavy (non-hydrogen) atoms. The Labute approximate surface area is 196 Å². The van der Waals surface area contributed by atoms with Crippen molar-refractivity contribution < 1.29 is 4.79 Å². The molecule has 0 unspecified atom stereocenters. The Kier molecular flexibility index (Phi) is 9.45. The van der Waals surface area contributed by atoms with Crippen LogP contribution in [0.3, 0.4) is 0 Å². The molecule has 0 saturated heterocycles. The fourth-order valence-electron chi connectivity index (χ4n) is 3.56. The summed E-state index contributed by atoms with van der Waals surface area (Å²) in [5.74, 6) is 0.791. The molecule has 0 spiro atoms. The number of aliphatic imine (C=N–C) groups is 1. The third-order valence-electron chi connectivity index (χ3n) is 5.45. The molecule has 1 amide bonds. The van der Waals surface area contributed by atoms with Crippen molar-refractivity contribution in [2.24, 2.45) is 4.99 Å². The minimum absolute atomic E-state index is 0.0224. The van der Waals surface area contributed by atoms with Gasteiger partial charge in [-0.15, -0.1) is 0 Å². The number of pyridine rings is 1. The quantitative estimate of drug-likeness (QED) is 0.372. The number of nitrogens with one attached hydrogen (secondary N) is 2. The van der Waals surface area contributed by atoms with E-state index in [0.29, 0.717) is 19.0 Å². The van der Waals surface area contributed by atoms with E-state index in [9.17, 15) is 4.79 Å². The third kappa shape index (κ3) is 7.75. The number of amides is 1. The van der Waals surface area contributed by atoms with Crippen molar-refractivity contribution in [1.29, 1.82) is 0 Å².